The van der Waals surface area contributed by atoms with Gasteiger partial charge in [0.2, 0.25) is 0 Å². The lowest BCUT2D eigenvalue weighted by Gasteiger charge is -2.41. The van der Waals surface area contributed by atoms with Crippen LogP contribution in [0.3, 0.4) is 0 Å². The van der Waals surface area contributed by atoms with Crippen molar-refractivity contribution in [1.82, 2.24) is 5.32 Å². The Bertz CT molecular complexity index is 512. The Morgan fingerprint density at radius 3 is 2.45 bits per heavy atom. The van der Waals surface area contributed by atoms with Crippen molar-refractivity contribution in [3.05, 3.63) is 23.8 Å². The number of hydrogen-bond acceptors (Lipinski definition) is 8. The minimum atomic E-state index is -1.54. The molecule has 1 aromatic carbocycles. The van der Waals surface area contributed by atoms with E-state index in [1.807, 2.05) is 0 Å². The number of ether oxygens (including phenoxy) is 1. The molecule has 8 heteroatoms. The van der Waals surface area contributed by atoms with E-state index >= 15 is 0 Å². The maximum atomic E-state index is 10.1. The first-order valence-corrected chi connectivity index (χ1v) is 6.93. The summed E-state index contributed by atoms with van der Waals surface area (Å²) in [5.74, 6) is -0.231. The summed E-state index contributed by atoms with van der Waals surface area (Å²) in [6, 6.07) is 2.61. The van der Waals surface area contributed by atoms with Crippen molar-refractivity contribution in [2.45, 2.75) is 43.6 Å². The van der Waals surface area contributed by atoms with E-state index in [2.05, 4.69) is 5.32 Å². The van der Waals surface area contributed by atoms with Gasteiger partial charge in [-0.15, -0.1) is 0 Å². The highest BCUT2D eigenvalue weighted by Crippen LogP contribution is 2.29. The highest BCUT2D eigenvalue weighted by molar-refractivity contribution is 5.40. The first kappa shape index (κ1) is 16.9. The maximum Gasteiger partial charge on any atom is 0.183 e. The van der Waals surface area contributed by atoms with Crippen molar-refractivity contribution in [3.8, 4) is 11.5 Å². The molecule has 0 amide bonds. The topological polar surface area (TPSA) is 143 Å². The monoisotopic (exact) mass is 315 g/mol. The molecule has 0 bridgehead atoms. The Morgan fingerprint density at radius 2 is 1.86 bits per heavy atom. The Hall–Kier alpha value is -1.42. The van der Waals surface area contributed by atoms with Crippen LogP contribution in [0.1, 0.15) is 18.5 Å². The van der Waals surface area contributed by atoms with Crippen molar-refractivity contribution in [2.75, 3.05) is 6.61 Å². The number of phenols is 2. The van der Waals surface area contributed by atoms with Gasteiger partial charge in [-0.3, -0.25) is 0 Å². The molecule has 22 heavy (non-hydrogen) atoms. The summed E-state index contributed by atoms with van der Waals surface area (Å²) in [5.41, 5.74) is 0.443. The molecule has 1 saturated heterocycles. The van der Waals surface area contributed by atoms with Gasteiger partial charge in [0.15, 0.2) is 6.29 Å². The molecule has 6 atom stereocenters. The van der Waals surface area contributed by atoms with Crippen molar-refractivity contribution in [1.29, 1.82) is 0 Å². The molecule has 1 fully saturated rings. The van der Waals surface area contributed by atoms with Crippen LogP contribution in [0, 0.1) is 0 Å². The molecule has 1 heterocycles. The molecule has 0 saturated carbocycles. The molecular weight excluding hydrogens is 294 g/mol. The van der Waals surface area contributed by atoms with Crippen LogP contribution in [0.2, 0.25) is 0 Å². The first-order valence-electron chi connectivity index (χ1n) is 6.93. The standard InChI is InChI=1S/C14H21NO7/c1-6(8-3-2-7(17)4-9(8)18)15-11-12(19)10(5-16)22-14(21)13(11)20/h2-4,6,10-21H,5H2,1H3/t6-,10?,11?,12?,13?,14?/m0/s1. The van der Waals surface area contributed by atoms with Crippen molar-refractivity contribution in [3.63, 3.8) is 0 Å². The minimum absolute atomic E-state index is 0.0876. The number of benzene rings is 1. The number of aliphatic hydroxyl groups excluding tert-OH is 4. The summed E-state index contributed by atoms with van der Waals surface area (Å²) in [6.45, 7) is 1.17. The molecule has 0 aromatic heterocycles. The second kappa shape index (κ2) is 6.78. The van der Waals surface area contributed by atoms with E-state index in [0.29, 0.717) is 5.56 Å². The van der Waals surface area contributed by atoms with Gasteiger partial charge in [0.1, 0.15) is 29.8 Å². The number of hydrogen-bond donors (Lipinski definition) is 7. The molecule has 124 valence electrons. The quantitative estimate of drug-likeness (QED) is 0.358. The summed E-state index contributed by atoms with van der Waals surface area (Å²) < 4.78 is 4.90. The van der Waals surface area contributed by atoms with Gasteiger partial charge in [-0.05, 0) is 13.0 Å². The largest absolute Gasteiger partial charge is 0.508 e. The molecule has 0 aliphatic carbocycles. The number of rotatable bonds is 4. The number of aromatic hydroxyl groups is 2. The fraction of sp³-hybridized carbons (Fsp3) is 0.571. The van der Waals surface area contributed by atoms with Crippen LogP contribution in [0.4, 0.5) is 0 Å². The summed E-state index contributed by atoms with van der Waals surface area (Å²) in [7, 11) is 0. The van der Waals surface area contributed by atoms with Gasteiger partial charge in [-0.2, -0.15) is 0 Å². The average Bonchev–Trinajstić information content (AvgIpc) is 2.47. The van der Waals surface area contributed by atoms with Crippen molar-refractivity contribution >= 4 is 0 Å². The lowest BCUT2D eigenvalue weighted by Crippen LogP contribution is -2.63. The zero-order valence-electron chi connectivity index (χ0n) is 12.0. The van der Waals surface area contributed by atoms with Crippen molar-refractivity contribution in [2.24, 2.45) is 0 Å². The molecule has 2 rings (SSSR count). The normalized spacial score (nSPS) is 33.6. The smallest absolute Gasteiger partial charge is 0.183 e. The van der Waals surface area contributed by atoms with Gasteiger partial charge in [-0.25, -0.2) is 0 Å². The highest BCUT2D eigenvalue weighted by Gasteiger charge is 2.44. The fourth-order valence-electron chi connectivity index (χ4n) is 2.58. The Balaban J connectivity index is 2.16. The number of aliphatic hydroxyl groups is 4. The lowest BCUT2D eigenvalue weighted by atomic mass is 9.94. The van der Waals surface area contributed by atoms with Crippen LogP contribution >= 0.6 is 0 Å². The molecule has 7 N–H and O–H groups in total. The molecule has 1 aliphatic rings. The predicted molar refractivity (Wildman–Crippen MR) is 75.1 cm³/mol. The van der Waals surface area contributed by atoms with Gasteiger partial charge in [-0.1, -0.05) is 6.07 Å². The average molecular weight is 315 g/mol. The Morgan fingerprint density at radius 1 is 1.18 bits per heavy atom. The molecule has 1 aromatic rings. The maximum absolute atomic E-state index is 10.1. The molecule has 1 aliphatic heterocycles. The first-order chi connectivity index (χ1) is 10.3. The van der Waals surface area contributed by atoms with Crippen LogP contribution < -0.4 is 5.32 Å². The summed E-state index contributed by atoms with van der Waals surface area (Å²) >= 11 is 0. The molecule has 0 radical (unpaired) electrons. The van der Waals surface area contributed by atoms with E-state index in [1.54, 1.807) is 6.92 Å². The number of phenolic OH excluding ortho intramolecular Hbond substituents is 2. The molecule has 5 unspecified atom stereocenters. The summed E-state index contributed by atoms with van der Waals surface area (Å²) in [6.07, 6.45) is -5.22. The third-order valence-electron chi connectivity index (χ3n) is 3.83. The van der Waals surface area contributed by atoms with E-state index in [0.717, 1.165) is 0 Å². The highest BCUT2D eigenvalue weighted by atomic mass is 16.6. The summed E-state index contributed by atoms with van der Waals surface area (Å²) in [4.78, 5) is 0. The van der Waals surface area contributed by atoms with Gasteiger partial charge in [0, 0.05) is 17.7 Å². The Kier molecular flexibility index (Phi) is 5.22. The van der Waals surface area contributed by atoms with Gasteiger partial charge in [0.25, 0.3) is 0 Å². The van der Waals surface area contributed by atoms with Crippen LogP contribution in [0.5, 0.6) is 11.5 Å². The molecular formula is C14H21NO7. The van der Waals surface area contributed by atoms with Crippen molar-refractivity contribution < 1.29 is 35.4 Å². The SMILES string of the molecule is C[C@H](NC1C(O)C(O)OC(CO)C1O)c1ccc(O)cc1O. The van der Waals surface area contributed by atoms with Crippen LogP contribution in [0.15, 0.2) is 18.2 Å². The third-order valence-corrected chi connectivity index (χ3v) is 3.83. The Labute approximate surface area is 127 Å². The van der Waals surface area contributed by atoms with Gasteiger partial charge in [0.05, 0.1) is 12.6 Å². The predicted octanol–water partition coefficient (Wildman–Crippen LogP) is -1.45. The third kappa shape index (κ3) is 3.32. The second-order valence-electron chi connectivity index (χ2n) is 5.39. The van der Waals surface area contributed by atoms with Crippen LogP contribution in [-0.4, -0.2) is 67.9 Å². The van der Waals surface area contributed by atoms with Gasteiger partial charge >= 0.3 is 0 Å². The summed E-state index contributed by atoms with van der Waals surface area (Å²) in [5, 5.41) is 60.8. The van der Waals surface area contributed by atoms with E-state index in [1.165, 1.54) is 18.2 Å². The van der Waals surface area contributed by atoms with Crippen LogP contribution in [-0.2, 0) is 4.74 Å². The van der Waals surface area contributed by atoms with E-state index < -0.39 is 43.3 Å². The van der Waals surface area contributed by atoms with Gasteiger partial charge < -0.3 is 40.7 Å². The fourth-order valence-corrected chi connectivity index (χ4v) is 2.58. The van der Waals surface area contributed by atoms with E-state index in [4.69, 9.17) is 9.84 Å². The minimum Gasteiger partial charge on any atom is -0.508 e. The zero-order chi connectivity index (χ0) is 16.4. The van der Waals surface area contributed by atoms with E-state index in [-0.39, 0.29) is 11.5 Å². The number of nitrogens with one attached hydrogen (secondary N) is 1. The lowest BCUT2D eigenvalue weighted by molar-refractivity contribution is -0.263. The second-order valence-corrected chi connectivity index (χ2v) is 5.39. The molecule has 8 nitrogen and oxygen atoms in total. The zero-order valence-corrected chi connectivity index (χ0v) is 12.0. The molecule has 0 spiro atoms. The van der Waals surface area contributed by atoms with E-state index in [9.17, 15) is 25.5 Å². The van der Waals surface area contributed by atoms with Crippen LogP contribution in [0.25, 0.3) is 0 Å².